The van der Waals surface area contributed by atoms with Gasteiger partial charge in [0.2, 0.25) is 0 Å². The van der Waals surface area contributed by atoms with Crippen molar-refractivity contribution < 1.29 is 13.2 Å². The molecular weight excluding hydrogens is 458 g/mol. The predicted molar refractivity (Wildman–Crippen MR) is 129 cm³/mol. The molecule has 6 nitrogen and oxygen atoms in total. The molecule has 4 aromatic rings. The molecule has 3 aromatic carbocycles. The molecule has 33 heavy (non-hydrogen) atoms. The summed E-state index contributed by atoms with van der Waals surface area (Å²) in [6.45, 7) is 0. The molecule has 0 aliphatic carbocycles. The summed E-state index contributed by atoms with van der Waals surface area (Å²) in [6, 6.07) is 24.5. The van der Waals surface area contributed by atoms with Crippen LogP contribution in [0.5, 0.6) is 5.75 Å². The van der Waals surface area contributed by atoms with Gasteiger partial charge in [0.15, 0.2) is 0 Å². The minimum atomic E-state index is -3.93. The molecule has 0 saturated carbocycles. The zero-order valence-corrected chi connectivity index (χ0v) is 19.3. The number of fused-ring (bicyclic) bond motifs is 1. The molecule has 0 spiro atoms. The van der Waals surface area contributed by atoms with Gasteiger partial charge in [0.1, 0.15) is 10.9 Å². The van der Waals surface area contributed by atoms with Gasteiger partial charge in [0.05, 0.1) is 29.3 Å². The van der Waals surface area contributed by atoms with E-state index in [9.17, 15) is 8.42 Å². The summed E-state index contributed by atoms with van der Waals surface area (Å²) in [5.41, 5.74) is 2.82. The quantitative estimate of drug-likeness (QED) is 0.359. The Morgan fingerprint density at radius 1 is 0.970 bits per heavy atom. The fourth-order valence-electron chi connectivity index (χ4n) is 3.94. The molecule has 0 N–H and O–H groups in total. The standard InChI is InChI=1S/C25H20ClN3O3S/c1-32-19-13-11-17(12-14-19)23-16-24(21-15-18-7-5-6-10-22(18)27-25(21)26)29(28-23)33(30,31)20-8-3-2-4-9-20/h2-15,24H,16H2,1H3/t24-/m0/s1. The Balaban J connectivity index is 1.64. The maximum atomic E-state index is 13.6. The lowest BCUT2D eigenvalue weighted by molar-refractivity contribution is 0.371. The first-order valence-electron chi connectivity index (χ1n) is 10.3. The van der Waals surface area contributed by atoms with Gasteiger partial charge in [-0.05, 0) is 54.1 Å². The second-order valence-electron chi connectivity index (χ2n) is 7.65. The number of ether oxygens (including phenoxy) is 1. The molecule has 8 heteroatoms. The van der Waals surface area contributed by atoms with Crippen LogP contribution < -0.4 is 4.74 Å². The van der Waals surface area contributed by atoms with E-state index in [1.54, 1.807) is 37.4 Å². The van der Waals surface area contributed by atoms with Crippen molar-refractivity contribution >= 4 is 38.2 Å². The van der Waals surface area contributed by atoms with Crippen LogP contribution in [0.4, 0.5) is 0 Å². The minimum Gasteiger partial charge on any atom is -0.497 e. The Morgan fingerprint density at radius 2 is 1.67 bits per heavy atom. The van der Waals surface area contributed by atoms with E-state index in [0.717, 1.165) is 16.5 Å². The minimum absolute atomic E-state index is 0.166. The monoisotopic (exact) mass is 477 g/mol. The van der Waals surface area contributed by atoms with Gasteiger partial charge in [-0.25, -0.2) is 4.98 Å². The van der Waals surface area contributed by atoms with Crippen LogP contribution in [-0.4, -0.2) is 30.6 Å². The number of halogens is 1. The topological polar surface area (TPSA) is 71.9 Å². The largest absolute Gasteiger partial charge is 0.497 e. The molecule has 0 amide bonds. The number of pyridine rings is 1. The highest BCUT2D eigenvalue weighted by Gasteiger charge is 2.39. The van der Waals surface area contributed by atoms with Crippen LogP contribution in [0.2, 0.25) is 5.15 Å². The average Bonchev–Trinajstić information content (AvgIpc) is 3.30. The normalized spacial score (nSPS) is 16.1. The van der Waals surface area contributed by atoms with Crippen LogP contribution in [0.15, 0.2) is 94.9 Å². The lowest BCUT2D eigenvalue weighted by Gasteiger charge is -2.24. The molecule has 1 aromatic heterocycles. The van der Waals surface area contributed by atoms with E-state index >= 15 is 0 Å². The Bertz CT molecular complexity index is 1460. The highest BCUT2D eigenvalue weighted by Crippen LogP contribution is 2.40. The van der Waals surface area contributed by atoms with Crippen LogP contribution in [0.1, 0.15) is 23.6 Å². The summed E-state index contributed by atoms with van der Waals surface area (Å²) >= 11 is 6.58. The van der Waals surface area contributed by atoms with Crippen molar-refractivity contribution in [3.8, 4) is 5.75 Å². The Kier molecular flexibility index (Phi) is 5.52. The van der Waals surface area contributed by atoms with Crippen LogP contribution in [0, 0.1) is 0 Å². The van der Waals surface area contributed by atoms with E-state index in [0.29, 0.717) is 23.4 Å². The van der Waals surface area contributed by atoms with E-state index in [2.05, 4.69) is 10.1 Å². The van der Waals surface area contributed by atoms with Gasteiger partial charge in [-0.15, -0.1) is 0 Å². The van der Waals surface area contributed by atoms with E-state index in [-0.39, 0.29) is 10.0 Å². The summed E-state index contributed by atoms with van der Waals surface area (Å²) in [7, 11) is -2.33. The van der Waals surface area contributed by atoms with Crippen LogP contribution in [0.3, 0.4) is 0 Å². The highest BCUT2D eigenvalue weighted by atomic mass is 35.5. The van der Waals surface area contributed by atoms with Gasteiger partial charge in [-0.1, -0.05) is 48.0 Å². The molecule has 1 aliphatic heterocycles. The van der Waals surface area contributed by atoms with Crippen molar-refractivity contribution in [1.82, 2.24) is 9.40 Å². The lowest BCUT2D eigenvalue weighted by atomic mass is 9.99. The first-order chi connectivity index (χ1) is 16.0. The lowest BCUT2D eigenvalue weighted by Crippen LogP contribution is -2.27. The third kappa shape index (κ3) is 3.94. The predicted octanol–water partition coefficient (Wildman–Crippen LogP) is 5.44. The summed E-state index contributed by atoms with van der Waals surface area (Å²) in [5, 5.41) is 5.72. The van der Waals surface area contributed by atoms with Gasteiger partial charge in [-0.3, -0.25) is 0 Å². The van der Waals surface area contributed by atoms with Crippen molar-refractivity contribution in [2.45, 2.75) is 17.4 Å². The van der Waals surface area contributed by atoms with E-state index in [4.69, 9.17) is 16.3 Å². The van der Waals surface area contributed by atoms with Gasteiger partial charge in [0, 0.05) is 17.4 Å². The van der Waals surface area contributed by atoms with E-state index in [1.807, 2.05) is 54.6 Å². The van der Waals surface area contributed by atoms with Gasteiger partial charge < -0.3 is 4.74 Å². The second-order valence-corrected chi connectivity index (χ2v) is 9.80. The van der Waals surface area contributed by atoms with Gasteiger partial charge in [-0.2, -0.15) is 17.9 Å². The summed E-state index contributed by atoms with van der Waals surface area (Å²) in [5.74, 6) is 0.712. The number of benzene rings is 3. The number of aromatic nitrogens is 1. The first-order valence-corrected chi connectivity index (χ1v) is 12.2. The van der Waals surface area contributed by atoms with Crippen LogP contribution in [0.25, 0.3) is 10.9 Å². The number of sulfonamides is 1. The average molecular weight is 478 g/mol. The SMILES string of the molecule is COc1ccc(C2=NN(S(=O)(=O)c3ccccc3)[C@H](c3cc4ccccc4nc3Cl)C2)cc1. The number of hydrogen-bond donors (Lipinski definition) is 0. The van der Waals surface area contributed by atoms with Crippen molar-refractivity contribution in [3.05, 3.63) is 101 Å². The molecule has 2 heterocycles. The molecule has 1 atom stereocenters. The number of hydrogen-bond acceptors (Lipinski definition) is 5. The highest BCUT2D eigenvalue weighted by molar-refractivity contribution is 7.89. The number of nitrogens with zero attached hydrogens (tertiary/aromatic N) is 3. The van der Waals surface area contributed by atoms with Crippen LogP contribution >= 0.6 is 11.6 Å². The van der Waals surface area contributed by atoms with Gasteiger partial charge >= 0.3 is 0 Å². The van der Waals surface area contributed by atoms with Crippen molar-refractivity contribution in [3.63, 3.8) is 0 Å². The Labute approximate surface area is 197 Å². The van der Waals surface area contributed by atoms with Crippen molar-refractivity contribution in [2.24, 2.45) is 5.10 Å². The molecule has 0 bridgehead atoms. The fourth-order valence-corrected chi connectivity index (χ4v) is 5.66. The number of rotatable bonds is 5. The number of hydrazone groups is 1. The maximum Gasteiger partial charge on any atom is 0.279 e. The molecule has 166 valence electrons. The summed E-state index contributed by atoms with van der Waals surface area (Å²) in [6.07, 6.45) is 0.359. The second kappa shape index (κ2) is 8.50. The van der Waals surface area contributed by atoms with E-state index < -0.39 is 16.1 Å². The van der Waals surface area contributed by atoms with Crippen molar-refractivity contribution in [1.29, 1.82) is 0 Å². The molecule has 0 radical (unpaired) electrons. The molecule has 0 saturated heterocycles. The number of methoxy groups -OCH3 is 1. The smallest absolute Gasteiger partial charge is 0.279 e. The fraction of sp³-hybridized carbons (Fsp3) is 0.120. The third-order valence-corrected chi connectivity index (χ3v) is 7.65. The maximum absolute atomic E-state index is 13.6. The summed E-state index contributed by atoms with van der Waals surface area (Å²) < 4.78 is 33.6. The molecule has 1 aliphatic rings. The Morgan fingerprint density at radius 3 is 2.39 bits per heavy atom. The van der Waals surface area contributed by atoms with Gasteiger partial charge in [0.25, 0.3) is 10.0 Å². The zero-order chi connectivity index (χ0) is 23.0. The molecular formula is C25H20ClN3O3S. The third-order valence-electron chi connectivity index (χ3n) is 5.65. The zero-order valence-electron chi connectivity index (χ0n) is 17.7. The van der Waals surface area contributed by atoms with Crippen LogP contribution in [-0.2, 0) is 10.0 Å². The Hall–Kier alpha value is -3.42. The van der Waals surface area contributed by atoms with E-state index in [1.165, 1.54) is 4.41 Å². The summed E-state index contributed by atoms with van der Waals surface area (Å²) in [4.78, 5) is 4.67. The molecule has 0 unspecified atom stereocenters. The first kappa shape index (κ1) is 21.4. The van der Waals surface area contributed by atoms with Crippen molar-refractivity contribution in [2.75, 3.05) is 7.11 Å². The molecule has 5 rings (SSSR count). The number of para-hydroxylation sites is 1. The molecule has 0 fully saturated rings.